The highest BCUT2D eigenvalue weighted by molar-refractivity contribution is 9.10. The van der Waals surface area contributed by atoms with E-state index >= 15 is 0 Å². The number of benzene rings is 3. The smallest absolute Gasteiger partial charge is 0.407 e. The predicted octanol–water partition coefficient (Wildman–Crippen LogP) is 5.02. The van der Waals surface area contributed by atoms with Crippen LogP contribution >= 0.6 is 15.9 Å². The van der Waals surface area contributed by atoms with Crippen LogP contribution in [0.2, 0.25) is 0 Å². The highest BCUT2D eigenvalue weighted by atomic mass is 79.9. The summed E-state index contributed by atoms with van der Waals surface area (Å²) in [5.41, 5.74) is 4.60. The van der Waals surface area contributed by atoms with E-state index in [1.807, 2.05) is 48.5 Å². The number of hydrogen-bond acceptors (Lipinski definition) is 4. The summed E-state index contributed by atoms with van der Waals surface area (Å²) >= 11 is 3.28. The molecular formula is C27H21BrN2O5. The molecule has 1 aliphatic rings. The molecule has 0 radical (unpaired) electrons. The molecule has 0 aromatic heterocycles. The molecule has 35 heavy (non-hydrogen) atoms. The maximum absolute atomic E-state index is 12.8. The first kappa shape index (κ1) is 24.0. The van der Waals surface area contributed by atoms with Gasteiger partial charge in [-0.1, -0.05) is 48.5 Å². The number of ether oxygens (including phenoxy) is 1. The van der Waals surface area contributed by atoms with Gasteiger partial charge in [0.1, 0.15) is 12.6 Å². The molecule has 0 bridgehead atoms. The van der Waals surface area contributed by atoms with Crippen molar-refractivity contribution in [1.82, 2.24) is 5.32 Å². The fourth-order valence-corrected chi connectivity index (χ4v) is 4.43. The number of carbonyl (C=O) groups excluding carboxylic acids is 2. The zero-order valence-electron chi connectivity index (χ0n) is 18.5. The first-order valence-corrected chi connectivity index (χ1v) is 11.6. The summed E-state index contributed by atoms with van der Waals surface area (Å²) in [6, 6.07) is 19.1. The van der Waals surface area contributed by atoms with E-state index < -0.39 is 24.0 Å². The van der Waals surface area contributed by atoms with Crippen LogP contribution in [-0.2, 0) is 9.53 Å². The van der Waals surface area contributed by atoms with E-state index in [4.69, 9.17) is 11.2 Å². The quantitative estimate of drug-likeness (QED) is 0.370. The second-order valence-electron chi connectivity index (χ2n) is 7.92. The Hall–Kier alpha value is -4.09. The number of halogens is 1. The number of alkyl carbamates (subject to hydrolysis) is 1. The third kappa shape index (κ3) is 5.20. The summed E-state index contributed by atoms with van der Waals surface area (Å²) in [6.07, 6.45) is 4.55. The number of terminal acetylenes is 1. The minimum Gasteiger partial charge on any atom is -0.478 e. The molecule has 176 valence electrons. The van der Waals surface area contributed by atoms with Crippen LogP contribution in [0.4, 0.5) is 10.5 Å². The van der Waals surface area contributed by atoms with Gasteiger partial charge in [0.25, 0.3) is 0 Å². The molecule has 0 heterocycles. The lowest BCUT2D eigenvalue weighted by atomic mass is 9.98. The minimum atomic E-state index is -1.13. The van der Waals surface area contributed by atoms with Gasteiger partial charge in [-0.2, -0.15) is 0 Å². The Kier molecular flexibility index (Phi) is 7.18. The molecule has 3 N–H and O–H groups in total. The molecule has 0 aliphatic heterocycles. The second-order valence-corrected chi connectivity index (χ2v) is 8.77. The number of carbonyl (C=O) groups is 3. The summed E-state index contributed by atoms with van der Waals surface area (Å²) in [5, 5.41) is 14.3. The zero-order valence-corrected chi connectivity index (χ0v) is 20.0. The standard InChI is InChI=1S/C27H21BrN2O5/c1-2-7-23(25(31)29-24-14-16(26(32)33)12-13-22(24)28)30-27(34)35-15-21-19-10-5-3-8-17(19)18-9-4-6-11-20(18)21/h1,3-6,8-14,21,23H,7,15H2,(H,29,31)(H,30,34)(H,32,33). The normalized spacial score (nSPS) is 12.6. The molecule has 0 saturated carbocycles. The van der Waals surface area contributed by atoms with Crippen molar-refractivity contribution in [3.05, 3.63) is 87.9 Å². The number of nitrogens with one attached hydrogen (secondary N) is 2. The molecule has 8 heteroatoms. The van der Waals surface area contributed by atoms with Crippen molar-refractivity contribution in [3.8, 4) is 23.5 Å². The van der Waals surface area contributed by atoms with Crippen LogP contribution in [0.15, 0.2) is 71.2 Å². The van der Waals surface area contributed by atoms with Crippen LogP contribution in [0.1, 0.15) is 33.8 Å². The van der Waals surface area contributed by atoms with Gasteiger partial charge in [0.2, 0.25) is 5.91 Å². The van der Waals surface area contributed by atoms with E-state index in [2.05, 4.69) is 32.5 Å². The summed E-state index contributed by atoms with van der Waals surface area (Å²) in [4.78, 5) is 36.7. The van der Waals surface area contributed by atoms with Crippen LogP contribution in [-0.4, -0.2) is 35.7 Å². The lowest BCUT2D eigenvalue weighted by Gasteiger charge is -2.19. The number of carboxylic acids is 1. The Bertz CT molecular complexity index is 1300. The lowest BCUT2D eigenvalue weighted by Crippen LogP contribution is -2.44. The van der Waals surface area contributed by atoms with E-state index in [1.54, 1.807) is 0 Å². The molecule has 4 rings (SSSR count). The number of rotatable bonds is 7. The molecule has 1 unspecified atom stereocenters. The van der Waals surface area contributed by atoms with E-state index in [0.29, 0.717) is 4.47 Å². The minimum absolute atomic E-state index is 0.00138. The Morgan fingerprint density at radius 3 is 2.26 bits per heavy atom. The number of hydrogen-bond donors (Lipinski definition) is 3. The Morgan fingerprint density at radius 1 is 1.03 bits per heavy atom. The highest BCUT2D eigenvalue weighted by Gasteiger charge is 2.29. The number of amides is 2. The van der Waals surface area contributed by atoms with Gasteiger partial charge in [0, 0.05) is 16.8 Å². The van der Waals surface area contributed by atoms with Crippen LogP contribution in [0.25, 0.3) is 11.1 Å². The average molecular weight is 533 g/mol. The van der Waals surface area contributed by atoms with Crippen molar-refractivity contribution in [2.24, 2.45) is 0 Å². The van der Waals surface area contributed by atoms with Crippen molar-refractivity contribution in [3.63, 3.8) is 0 Å². The molecule has 3 aromatic rings. The van der Waals surface area contributed by atoms with Gasteiger partial charge in [-0.25, -0.2) is 9.59 Å². The number of anilines is 1. The summed E-state index contributed by atoms with van der Waals surface area (Å²) < 4.78 is 5.99. The summed E-state index contributed by atoms with van der Waals surface area (Å²) in [6.45, 7) is 0.0937. The fourth-order valence-electron chi connectivity index (χ4n) is 4.08. The van der Waals surface area contributed by atoms with E-state index in [9.17, 15) is 19.5 Å². The van der Waals surface area contributed by atoms with Crippen molar-refractivity contribution < 1.29 is 24.2 Å². The largest absolute Gasteiger partial charge is 0.478 e. The number of aromatic carboxylic acids is 1. The maximum Gasteiger partial charge on any atom is 0.407 e. The van der Waals surface area contributed by atoms with Crippen molar-refractivity contribution >= 4 is 39.6 Å². The Labute approximate surface area is 210 Å². The Balaban J connectivity index is 1.43. The molecule has 0 saturated heterocycles. The molecule has 1 atom stereocenters. The van der Waals surface area contributed by atoms with E-state index in [0.717, 1.165) is 22.3 Å². The molecule has 1 aliphatic carbocycles. The molecule has 0 spiro atoms. The summed E-state index contributed by atoms with van der Waals surface area (Å²) in [5.74, 6) is 0.516. The van der Waals surface area contributed by atoms with Crippen molar-refractivity contribution in [2.45, 2.75) is 18.4 Å². The summed E-state index contributed by atoms with van der Waals surface area (Å²) in [7, 11) is 0. The fraction of sp³-hybridized carbons (Fsp3) is 0.148. The molecule has 2 amide bonds. The van der Waals surface area contributed by atoms with Gasteiger partial charge in [-0.15, -0.1) is 12.3 Å². The third-order valence-electron chi connectivity index (χ3n) is 5.75. The molecule has 7 nitrogen and oxygen atoms in total. The molecular weight excluding hydrogens is 512 g/mol. The Morgan fingerprint density at radius 2 is 1.66 bits per heavy atom. The number of carboxylic acid groups (broad SMARTS) is 1. The van der Waals surface area contributed by atoms with Crippen LogP contribution in [0.5, 0.6) is 0 Å². The van der Waals surface area contributed by atoms with Gasteiger partial charge in [0.15, 0.2) is 0 Å². The van der Waals surface area contributed by atoms with Gasteiger partial charge in [-0.05, 0) is 56.4 Å². The first-order valence-electron chi connectivity index (χ1n) is 10.8. The van der Waals surface area contributed by atoms with Gasteiger partial charge in [0.05, 0.1) is 11.3 Å². The average Bonchev–Trinajstić information content (AvgIpc) is 3.17. The maximum atomic E-state index is 12.8. The molecule has 0 fully saturated rings. The van der Waals surface area contributed by atoms with Crippen LogP contribution in [0, 0.1) is 12.3 Å². The van der Waals surface area contributed by atoms with Crippen LogP contribution < -0.4 is 10.6 Å². The second kappa shape index (κ2) is 10.5. The molecule has 3 aromatic carbocycles. The van der Waals surface area contributed by atoms with Crippen LogP contribution in [0.3, 0.4) is 0 Å². The topological polar surface area (TPSA) is 105 Å². The van der Waals surface area contributed by atoms with Crippen molar-refractivity contribution in [2.75, 3.05) is 11.9 Å². The van der Waals surface area contributed by atoms with E-state index in [1.165, 1.54) is 18.2 Å². The van der Waals surface area contributed by atoms with Crippen molar-refractivity contribution in [1.29, 1.82) is 0 Å². The third-order valence-corrected chi connectivity index (χ3v) is 6.44. The predicted molar refractivity (Wildman–Crippen MR) is 135 cm³/mol. The monoisotopic (exact) mass is 532 g/mol. The lowest BCUT2D eigenvalue weighted by molar-refractivity contribution is -0.118. The van der Waals surface area contributed by atoms with Gasteiger partial charge >= 0.3 is 12.1 Å². The number of fused-ring (bicyclic) bond motifs is 3. The first-order chi connectivity index (χ1) is 16.9. The van der Waals surface area contributed by atoms with E-state index in [-0.39, 0.29) is 30.2 Å². The van der Waals surface area contributed by atoms with Gasteiger partial charge < -0.3 is 20.5 Å². The van der Waals surface area contributed by atoms with Gasteiger partial charge in [-0.3, -0.25) is 4.79 Å². The SMILES string of the molecule is C#CCC(NC(=O)OCC1c2ccccc2-c2ccccc21)C(=O)Nc1cc(C(=O)O)ccc1Br. The highest BCUT2D eigenvalue weighted by Crippen LogP contribution is 2.44. The zero-order chi connectivity index (χ0) is 24.9.